The maximum absolute atomic E-state index is 11.1. The van der Waals surface area contributed by atoms with Gasteiger partial charge < -0.3 is 20.7 Å². The lowest BCUT2D eigenvalue weighted by Gasteiger charge is -2.10. The van der Waals surface area contributed by atoms with Crippen molar-refractivity contribution < 1.29 is 19.7 Å². The molecule has 0 aromatic heterocycles. The fourth-order valence-electron chi connectivity index (χ4n) is 1.78. The predicted octanol–water partition coefficient (Wildman–Crippen LogP) is 2.29. The lowest BCUT2D eigenvalue weighted by molar-refractivity contribution is 0.0694. The molecule has 0 amide bonds. The first kappa shape index (κ1) is 13.9. The number of hydrogen-bond acceptors (Lipinski definition) is 4. The molecule has 0 saturated heterocycles. The molecule has 5 heteroatoms. The molecule has 2 aromatic carbocycles. The Balaban J connectivity index is 2.23. The molecule has 0 fully saturated rings. The van der Waals surface area contributed by atoms with Crippen LogP contribution in [-0.2, 0) is 6.42 Å². The molecule has 5 nitrogen and oxygen atoms in total. The second-order valence-electron chi connectivity index (χ2n) is 4.28. The Bertz CT molecular complexity index is 608. The maximum Gasteiger partial charge on any atom is 0.339 e. The minimum Gasteiger partial charge on any atom is -0.478 e. The Morgan fingerprint density at radius 2 is 1.85 bits per heavy atom. The molecule has 2 aromatic rings. The molecular formula is C15H15NO4. The number of rotatable bonds is 5. The van der Waals surface area contributed by atoms with Crippen molar-refractivity contribution in [1.82, 2.24) is 0 Å². The average molecular weight is 273 g/mol. The van der Waals surface area contributed by atoms with Crippen LogP contribution in [-0.4, -0.2) is 22.8 Å². The Morgan fingerprint density at radius 1 is 1.15 bits per heavy atom. The molecule has 0 bridgehead atoms. The molecule has 2 rings (SSSR count). The van der Waals surface area contributed by atoms with Crippen molar-refractivity contribution in [2.45, 2.75) is 6.42 Å². The van der Waals surface area contributed by atoms with Crippen LogP contribution in [0.1, 0.15) is 15.9 Å². The van der Waals surface area contributed by atoms with Crippen LogP contribution in [0.2, 0.25) is 0 Å². The molecule has 0 heterocycles. The fraction of sp³-hybridized carbons (Fsp3) is 0.133. The standard InChI is InChI=1S/C15H15NO4/c16-11-3-6-14(13(9-11)15(18)19)20-12-4-1-10(2-5-12)7-8-17/h1-6,9,17H,7-8,16H2,(H,18,19). The van der Waals surface area contributed by atoms with Gasteiger partial charge in [-0.15, -0.1) is 0 Å². The van der Waals surface area contributed by atoms with Crippen molar-refractivity contribution in [3.05, 3.63) is 53.6 Å². The van der Waals surface area contributed by atoms with Gasteiger partial charge >= 0.3 is 5.97 Å². The van der Waals surface area contributed by atoms with Crippen molar-refractivity contribution in [3.63, 3.8) is 0 Å². The van der Waals surface area contributed by atoms with Crippen LogP contribution < -0.4 is 10.5 Å². The Morgan fingerprint density at radius 3 is 2.45 bits per heavy atom. The molecular weight excluding hydrogens is 258 g/mol. The van der Waals surface area contributed by atoms with E-state index in [1.165, 1.54) is 12.1 Å². The van der Waals surface area contributed by atoms with Gasteiger partial charge in [-0.3, -0.25) is 0 Å². The normalized spacial score (nSPS) is 10.2. The molecule has 0 radical (unpaired) electrons. The number of carboxylic acids is 1. The summed E-state index contributed by atoms with van der Waals surface area (Å²) < 4.78 is 5.56. The summed E-state index contributed by atoms with van der Waals surface area (Å²) in [6.07, 6.45) is 0.572. The van der Waals surface area contributed by atoms with Gasteiger partial charge in [-0.1, -0.05) is 12.1 Å². The molecule has 0 aliphatic carbocycles. The number of nitrogen functional groups attached to an aromatic ring is 1. The number of nitrogens with two attached hydrogens (primary N) is 1. The highest BCUT2D eigenvalue weighted by Crippen LogP contribution is 2.27. The number of carbonyl (C=O) groups is 1. The molecule has 0 aliphatic heterocycles. The SMILES string of the molecule is Nc1ccc(Oc2ccc(CCO)cc2)c(C(=O)O)c1. The van der Waals surface area contributed by atoms with Gasteiger partial charge in [0, 0.05) is 12.3 Å². The first-order valence-electron chi connectivity index (χ1n) is 6.10. The highest BCUT2D eigenvalue weighted by Gasteiger charge is 2.12. The minimum atomic E-state index is -1.09. The summed E-state index contributed by atoms with van der Waals surface area (Å²) >= 11 is 0. The van der Waals surface area contributed by atoms with E-state index in [0.717, 1.165) is 5.56 Å². The summed E-state index contributed by atoms with van der Waals surface area (Å²) in [4.78, 5) is 11.1. The quantitative estimate of drug-likeness (QED) is 0.727. The molecule has 0 spiro atoms. The fourth-order valence-corrected chi connectivity index (χ4v) is 1.78. The van der Waals surface area contributed by atoms with Crippen LogP contribution in [0.3, 0.4) is 0 Å². The van der Waals surface area contributed by atoms with Crippen LogP contribution >= 0.6 is 0 Å². The summed E-state index contributed by atoms with van der Waals surface area (Å²) in [6.45, 7) is 0.0847. The van der Waals surface area contributed by atoms with E-state index >= 15 is 0 Å². The van der Waals surface area contributed by atoms with Gasteiger partial charge in [-0.2, -0.15) is 0 Å². The van der Waals surface area contributed by atoms with Gasteiger partial charge in [0.15, 0.2) is 0 Å². The number of aliphatic hydroxyl groups excluding tert-OH is 1. The summed E-state index contributed by atoms with van der Waals surface area (Å²) in [6, 6.07) is 11.6. The third-order valence-electron chi connectivity index (χ3n) is 2.79. The number of aromatic carboxylic acids is 1. The number of hydrogen-bond donors (Lipinski definition) is 3. The van der Waals surface area contributed by atoms with E-state index < -0.39 is 5.97 Å². The Labute approximate surface area is 116 Å². The van der Waals surface area contributed by atoms with Crippen molar-refractivity contribution in [2.75, 3.05) is 12.3 Å². The number of aliphatic hydroxyl groups is 1. The third kappa shape index (κ3) is 3.27. The Kier molecular flexibility index (Phi) is 4.22. The largest absolute Gasteiger partial charge is 0.478 e. The maximum atomic E-state index is 11.1. The third-order valence-corrected chi connectivity index (χ3v) is 2.79. The zero-order valence-corrected chi connectivity index (χ0v) is 10.7. The van der Waals surface area contributed by atoms with Gasteiger partial charge in [0.05, 0.1) is 0 Å². The molecule has 4 N–H and O–H groups in total. The molecule has 0 unspecified atom stereocenters. The first-order chi connectivity index (χ1) is 9.60. The van der Waals surface area contributed by atoms with E-state index in [0.29, 0.717) is 17.9 Å². The van der Waals surface area contributed by atoms with E-state index in [1.54, 1.807) is 18.2 Å². The second-order valence-corrected chi connectivity index (χ2v) is 4.28. The van der Waals surface area contributed by atoms with E-state index in [-0.39, 0.29) is 17.9 Å². The first-order valence-corrected chi connectivity index (χ1v) is 6.10. The monoisotopic (exact) mass is 273 g/mol. The van der Waals surface area contributed by atoms with Crippen molar-refractivity contribution >= 4 is 11.7 Å². The van der Waals surface area contributed by atoms with E-state index in [9.17, 15) is 4.79 Å². The van der Waals surface area contributed by atoms with Crippen LogP contribution in [0.4, 0.5) is 5.69 Å². The number of anilines is 1. The summed E-state index contributed by atoms with van der Waals surface area (Å²) in [7, 11) is 0. The second kappa shape index (κ2) is 6.08. The van der Waals surface area contributed by atoms with E-state index in [2.05, 4.69) is 0 Å². The van der Waals surface area contributed by atoms with Gasteiger partial charge in [-0.25, -0.2) is 4.79 Å². The van der Waals surface area contributed by atoms with E-state index in [1.807, 2.05) is 12.1 Å². The predicted molar refractivity (Wildman–Crippen MR) is 75.1 cm³/mol. The zero-order chi connectivity index (χ0) is 14.5. The van der Waals surface area contributed by atoms with Crippen molar-refractivity contribution in [3.8, 4) is 11.5 Å². The van der Waals surface area contributed by atoms with Gasteiger partial charge in [0.25, 0.3) is 0 Å². The van der Waals surface area contributed by atoms with E-state index in [4.69, 9.17) is 20.7 Å². The number of carboxylic acid groups (broad SMARTS) is 1. The van der Waals surface area contributed by atoms with Crippen LogP contribution in [0, 0.1) is 0 Å². The smallest absolute Gasteiger partial charge is 0.339 e. The Hall–Kier alpha value is -2.53. The van der Waals surface area contributed by atoms with Gasteiger partial charge in [0.2, 0.25) is 0 Å². The minimum absolute atomic E-state index is 0.0180. The van der Waals surface area contributed by atoms with Gasteiger partial charge in [0.1, 0.15) is 17.1 Å². The lowest BCUT2D eigenvalue weighted by atomic mass is 10.1. The van der Waals surface area contributed by atoms with Crippen LogP contribution in [0.25, 0.3) is 0 Å². The number of ether oxygens (including phenoxy) is 1. The summed E-state index contributed by atoms with van der Waals surface area (Å²) in [5, 5.41) is 18.0. The molecule has 0 saturated carbocycles. The van der Waals surface area contributed by atoms with Crippen molar-refractivity contribution in [2.24, 2.45) is 0 Å². The van der Waals surface area contributed by atoms with Crippen molar-refractivity contribution in [1.29, 1.82) is 0 Å². The highest BCUT2D eigenvalue weighted by atomic mass is 16.5. The average Bonchev–Trinajstić information content (AvgIpc) is 2.43. The molecule has 104 valence electrons. The topological polar surface area (TPSA) is 92.8 Å². The van der Waals surface area contributed by atoms with Crippen LogP contribution in [0.5, 0.6) is 11.5 Å². The summed E-state index contributed by atoms with van der Waals surface area (Å²) in [5.74, 6) is -0.329. The van der Waals surface area contributed by atoms with Gasteiger partial charge in [-0.05, 0) is 42.3 Å². The summed E-state index contributed by atoms with van der Waals surface area (Å²) in [5.41, 5.74) is 6.94. The highest BCUT2D eigenvalue weighted by molar-refractivity contribution is 5.92. The van der Waals surface area contributed by atoms with Crippen LogP contribution in [0.15, 0.2) is 42.5 Å². The zero-order valence-electron chi connectivity index (χ0n) is 10.7. The lowest BCUT2D eigenvalue weighted by Crippen LogP contribution is -2.01. The number of benzene rings is 2. The molecule has 20 heavy (non-hydrogen) atoms. The molecule has 0 atom stereocenters. The molecule has 0 aliphatic rings.